The van der Waals surface area contributed by atoms with Gasteiger partial charge in [0, 0.05) is 26.3 Å². The molecule has 24 heavy (non-hydrogen) atoms. The minimum absolute atomic E-state index is 0. The van der Waals surface area contributed by atoms with Gasteiger partial charge in [-0.05, 0) is 38.0 Å². The minimum Gasteiger partial charge on any atom is -0.382 e. The van der Waals surface area contributed by atoms with Gasteiger partial charge in [-0.25, -0.2) is 4.99 Å². The van der Waals surface area contributed by atoms with E-state index in [0.29, 0.717) is 37.8 Å². The van der Waals surface area contributed by atoms with Crippen molar-refractivity contribution in [1.82, 2.24) is 10.6 Å². The summed E-state index contributed by atoms with van der Waals surface area (Å²) in [5.41, 5.74) is -0.133. The number of alkyl halides is 3. The molecule has 0 aliphatic rings. The first-order valence-electron chi connectivity index (χ1n) is 7.73. The molecule has 4 nitrogen and oxygen atoms in total. The maximum absolute atomic E-state index is 12.7. The van der Waals surface area contributed by atoms with Crippen molar-refractivity contribution in [3.63, 3.8) is 0 Å². The van der Waals surface area contributed by atoms with Gasteiger partial charge in [0.05, 0.1) is 12.1 Å². The van der Waals surface area contributed by atoms with Gasteiger partial charge in [0.1, 0.15) is 0 Å². The van der Waals surface area contributed by atoms with E-state index < -0.39 is 11.7 Å². The molecule has 0 fully saturated rings. The van der Waals surface area contributed by atoms with Crippen LogP contribution in [0.15, 0.2) is 29.3 Å². The monoisotopic (exact) mass is 459 g/mol. The average Bonchev–Trinajstić information content (AvgIpc) is 2.52. The summed E-state index contributed by atoms with van der Waals surface area (Å²) in [6.45, 7) is 6.77. The van der Waals surface area contributed by atoms with Gasteiger partial charge >= 0.3 is 6.18 Å². The maximum Gasteiger partial charge on any atom is 0.416 e. The SMILES string of the molecule is CCNC(=NCc1cccc(C(F)(F)F)c1)NCCCOCC.I. The highest BCUT2D eigenvalue weighted by Crippen LogP contribution is 2.29. The summed E-state index contributed by atoms with van der Waals surface area (Å²) in [5, 5.41) is 6.20. The van der Waals surface area contributed by atoms with E-state index in [-0.39, 0.29) is 30.5 Å². The molecule has 0 aliphatic heterocycles. The maximum atomic E-state index is 12.7. The largest absolute Gasteiger partial charge is 0.416 e. The molecule has 0 spiro atoms. The van der Waals surface area contributed by atoms with Crippen molar-refractivity contribution in [2.24, 2.45) is 4.99 Å². The lowest BCUT2D eigenvalue weighted by atomic mass is 10.1. The third-order valence-electron chi connectivity index (χ3n) is 2.98. The van der Waals surface area contributed by atoms with Gasteiger partial charge in [0.15, 0.2) is 5.96 Å². The molecule has 0 radical (unpaired) electrons. The van der Waals surface area contributed by atoms with Crippen LogP contribution in [-0.2, 0) is 17.5 Å². The topological polar surface area (TPSA) is 45.7 Å². The van der Waals surface area contributed by atoms with Crippen molar-refractivity contribution in [2.45, 2.75) is 33.0 Å². The number of halogens is 4. The van der Waals surface area contributed by atoms with Crippen molar-refractivity contribution < 1.29 is 17.9 Å². The molecule has 1 aromatic carbocycles. The van der Waals surface area contributed by atoms with Crippen molar-refractivity contribution in [1.29, 1.82) is 0 Å². The number of hydrogen-bond donors (Lipinski definition) is 2. The van der Waals surface area contributed by atoms with E-state index in [9.17, 15) is 13.2 Å². The summed E-state index contributed by atoms with van der Waals surface area (Å²) in [4.78, 5) is 4.31. The van der Waals surface area contributed by atoms with Crippen LogP contribution in [0.1, 0.15) is 31.4 Å². The molecule has 0 aliphatic carbocycles. The zero-order valence-corrected chi connectivity index (χ0v) is 16.3. The number of aliphatic imine (C=N–C) groups is 1. The van der Waals surface area contributed by atoms with E-state index >= 15 is 0 Å². The van der Waals surface area contributed by atoms with Crippen LogP contribution in [0, 0.1) is 0 Å². The van der Waals surface area contributed by atoms with Gasteiger partial charge in [-0.2, -0.15) is 13.2 Å². The van der Waals surface area contributed by atoms with Crippen LogP contribution in [0.25, 0.3) is 0 Å². The van der Waals surface area contributed by atoms with E-state index in [4.69, 9.17) is 4.74 Å². The molecule has 2 N–H and O–H groups in total. The quantitative estimate of drug-likeness (QED) is 0.269. The van der Waals surface area contributed by atoms with Gasteiger partial charge < -0.3 is 15.4 Å². The first kappa shape index (κ1) is 23.0. The summed E-state index contributed by atoms with van der Waals surface area (Å²) in [7, 11) is 0. The van der Waals surface area contributed by atoms with Crippen LogP contribution in [-0.4, -0.2) is 32.3 Å². The van der Waals surface area contributed by atoms with E-state index in [1.54, 1.807) is 6.07 Å². The third kappa shape index (κ3) is 9.31. The number of hydrogen-bond acceptors (Lipinski definition) is 2. The van der Waals surface area contributed by atoms with Crippen molar-refractivity contribution in [2.75, 3.05) is 26.3 Å². The summed E-state index contributed by atoms with van der Waals surface area (Å²) in [6, 6.07) is 5.22. The zero-order chi connectivity index (χ0) is 17.1. The molecule has 0 atom stereocenters. The highest BCUT2D eigenvalue weighted by molar-refractivity contribution is 14.0. The molecule has 0 saturated heterocycles. The van der Waals surface area contributed by atoms with E-state index in [0.717, 1.165) is 18.6 Å². The lowest BCUT2D eigenvalue weighted by Gasteiger charge is -2.12. The highest BCUT2D eigenvalue weighted by Gasteiger charge is 2.30. The molecule has 1 aromatic rings. The van der Waals surface area contributed by atoms with Gasteiger partial charge in [0.2, 0.25) is 0 Å². The number of guanidine groups is 1. The Labute approximate surface area is 158 Å². The number of benzene rings is 1. The van der Waals surface area contributed by atoms with Crippen LogP contribution < -0.4 is 10.6 Å². The normalized spacial score (nSPS) is 11.8. The fraction of sp³-hybridized carbons (Fsp3) is 0.562. The Morgan fingerprint density at radius 2 is 1.96 bits per heavy atom. The van der Waals surface area contributed by atoms with Crippen molar-refractivity contribution in [3.05, 3.63) is 35.4 Å². The summed E-state index contributed by atoms with van der Waals surface area (Å²) in [5.74, 6) is 0.585. The molecule has 0 saturated carbocycles. The van der Waals surface area contributed by atoms with Crippen LogP contribution in [0.3, 0.4) is 0 Å². The lowest BCUT2D eigenvalue weighted by Crippen LogP contribution is -2.38. The van der Waals surface area contributed by atoms with Gasteiger partial charge in [-0.3, -0.25) is 0 Å². The van der Waals surface area contributed by atoms with E-state index in [1.165, 1.54) is 6.07 Å². The van der Waals surface area contributed by atoms with Gasteiger partial charge in [-0.15, -0.1) is 24.0 Å². The molecule has 8 heteroatoms. The van der Waals surface area contributed by atoms with E-state index in [2.05, 4.69) is 15.6 Å². The standard InChI is InChI=1S/C16H24F3N3O.HI/c1-3-20-15(21-9-6-10-23-4-2)22-12-13-7-5-8-14(11-13)16(17,18)19;/h5,7-8,11H,3-4,6,9-10,12H2,1-2H3,(H2,20,21,22);1H. The zero-order valence-electron chi connectivity index (χ0n) is 13.9. The molecule has 0 bridgehead atoms. The molecular formula is C16H25F3IN3O. The second-order valence-electron chi connectivity index (χ2n) is 4.87. The predicted molar refractivity (Wildman–Crippen MR) is 101 cm³/mol. The Hall–Kier alpha value is -1.03. The molecule has 0 aromatic heterocycles. The molecule has 0 amide bonds. The fourth-order valence-electron chi connectivity index (χ4n) is 1.88. The second kappa shape index (κ2) is 12.3. The molecule has 1 rings (SSSR count). The first-order chi connectivity index (χ1) is 11.0. The van der Waals surface area contributed by atoms with Crippen molar-refractivity contribution >= 4 is 29.9 Å². The summed E-state index contributed by atoms with van der Waals surface area (Å²) >= 11 is 0. The Kier molecular flexibility index (Phi) is 11.8. The Balaban J connectivity index is 0.00000529. The summed E-state index contributed by atoms with van der Waals surface area (Å²) in [6.07, 6.45) is -3.50. The van der Waals surface area contributed by atoms with Crippen LogP contribution >= 0.6 is 24.0 Å². The van der Waals surface area contributed by atoms with Crippen LogP contribution in [0.5, 0.6) is 0 Å². The smallest absolute Gasteiger partial charge is 0.382 e. The van der Waals surface area contributed by atoms with Crippen molar-refractivity contribution in [3.8, 4) is 0 Å². The average molecular weight is 459 g/mol. The Morgan fingerprint density at radius 3 is 2.58 bits per heavy atom. The van der Waals surface area contributed by atoms with Gasteiger partial charge in [-0.1, -0.05) is 12.1 Å². The minimum atomic E-state index is -4.33. The number of nitrogens with one attached hydrogen (secondary N) is 2. The van der Waals surface area contributed by atoms with Gasteiger partial charge in [0.25, 0.3) is 0 Å². The number of ether oxygens (including phenoxy) is 1. The first-order valence-corrected chi connectivity index (χ1v) is 7.73. The van der Waals surface area contributed by atoms with Crippen LogP contribution in [0.4, 0.5) is 13.2 Å². The number of rotatable bonds is 8. The molecular weight excluding hydrogens is 434 g/mol. The van der Waals surface area contributed by atoms with Crippen LogP contribution in [0.2, 0.25) is 0 Å². The van der Waals surface area contributed by atoms with E-state index in [1.807, 2.05) is 13.8 Å². The third-order valence-corrected chi connectivity index (χ3v) is 2.98. The summed E-state index contributed by atoms with van der Waals surface area (Å²) < 4.78 is 43.3. The number of nitrogens with zero attached hydrogens (tertiary/aromatic N) is 1. The predicted octanol–water partition coefficient (Wildman–Crippen LogP) is 3.81. The molecule has 138 valence electrons. The lowest BCUT2D eigenvalue weighted by molar-refractivity contribution is -0.137. The molecule has 0 unspecified atom stereocenters. The second-order valence-corrected chi connectivity index (χ2v) is 4.87. The molecule has 0 heterocycles. The highest BCUT2D eigenvalue weighted by atomic mass is 127. The fourth-order valence-corrected chi connectivity index (χ4v) is 1.88. The Morgan fingerprint density at radius 1 is 1.21 bits per heavy atom. The Bertz CT molecular complexity index is 496.